The minimum absolute atomic E-state index is 0.378. The first-order chi connectivity index (χ1) is 11.5. The second kappa shape index (κ2) is 8.21. The van der Waals surface area contributed by atoms with Crippen molar-refractivity contribution >= 4 is 23.4 Å². The molecular formula is C17H17ClN2O4. The fourth-order valence-corrected chi connectivity index (χ4v) is 1.93. The molecule has 1 atom stereocenters. The van der Waals surface area contributed by atoms with E-state index in [0.29, 0.717) is 22.1 Å². The first kappa shape index (κ1) is 17.6. The van der Waals surface area contributed by atoms with Gasteiger partial charge in [-0.3, -0.25) is 20.4 Å². The van der Waals surface area contributed by atoms with Gasteiger partial charge in [0.1, 0.15) is 11.5 Å². The van der Waals surface area contributed by atoms with Crippen molar-refractivity contribution in [1.82, 2.24) is 10.9 Å². The van der Waals surface area contributed by atoms with Gasteiger partial charge in [-0.05, 0) is 55.5 Å². The average molecular weight is 349 g/mol. The molecule has 2 rings (SSSR count). The van der Waals surface area contributed by atoms with Crippen LogP contribution in [0.15, 0.2) is 48.5 Å². The summed E-state index contributed by atoms with van der Waals surface area (Å²) in [5.74, 6) is 0.280. The number of rotatable bonds is 5. The Kier molecular flexibility index (Phi) is 6.03. The molecule has 0 fully saturated rings. The van der Waals surface area contributed by atoms with Gasteiger partial charge < -0.3 is 9.47 Å². The lowest BCUT2D eigenvalue weighted by Gasteiger charge is -2.15. The predicted octanol–water partition coefficient (Wildman–Crippen LogP) is 2.58. The fraction of sp³-hybridized carbons (Fsp3) is 0.176. The summed E-state index contributed by atoms with van der Waals surface area (Å²) in [7, 11) is 1.56. The van der Waals surface area contributed by atoms with Crippen LogP contribution in [-0.2, 0) is 4.79 Å². The van der Waals surface area contributed by atoms with E-state index in [0.717, 1.165) is 0 Å². The third-order valence-electron chi connectivity index (χ3n) is 3.15. The summed E-state index contributed by atoms with van der Waals surface area (Å²) < 4.78 is 10.5. The standard InChI is InChI=1S/C17H17ClN2O4/c1-11(24-15-9-7-14(23-2)8-10-15)16(21)19-20-17(22)12-3-5-13(18)6-4-12/h3-11H,1-2H3,(H,19,21)(H,20,22). The first-order valence-electron chi connectivity index (χ1n) is 7.16. The number of benzene rings is 2. The molecule has 0 bridgehead atoms. The molecule has 6 nitrogen and oxygen atoms in total. The summed E-state index contributed by atoms with van der Waals surface area (Å²) in [6, 6.07) is 13.1. The van der Waals surface area contributed by atoms with E-state index in [2.05, 4.69) is 10.9 Å². The van der Waals surface area contributed by atoms with E-state index in [1.54, 1.807) is 62.6 Å². The largest absolute Gasteiger partial charge is 0.497 e. The fourth-order valence-electron chi connectivity index (χ4n) is 1.81. The van der Waals surface area contributed by atoms with Crippen LogP contribution in [0, 0.1) is 0 Å². The zero-order valence-corrected chi connectivity index (χ0v) is 14.0. The topological polar surface area (TPSA) is 76.7 Å². The molecule has 0 aliphatic rings. The number of methoxy groups -OCH3 is 1. The van der Waals surface area contributed by atoms with Crippen molar-refractivity contribution in [2.45, 2.75) is 13.0 Å². The van der Waals surface area contributed by atoms with Crippen LogP contribution in [0.25, 0.3) is 0 Å². The maximum atomic E-state index is 12.0. The van der Waals surface area contributed by atoms with Gasteiger partial charge in [-0.2, -0.15) is 0 Å². The van der Waals surface area contributed by atoms with Gasteiger partial charge in [0.05, 0.1) is 7.11 Å². The van der Waals surface area contributed by atoms with E-state index in [4.69, 9.17) is 21.1 Å². The highest BCUT2D eigenvalue weighted by molar-refractivity contribution is 6.30. The van der Waals surface area contributed by atoms with E-state index in [9.17, 15) is 9.59 Å². The Bertz CT molecular complexity index is 702. The second-order valence-corrected chi connectivity index (χ2v) is 5.32. The number of nitrogens with one attached hydrogen (secondary N) is 2. The van der Waals surface area contributed by atoms with Crippen LogP contribution in [0.3, 0.4) is 0 Å². The Balaban J connectivity index is 1.84. The number of carbonyl (C=O) groups is 2. The van der Waals surface area contributed by atoms with Crippen LogP contribution in [0.1, 0.15) is 17.3 Å². The van der Waals surface area contributed by atoms with Crippen molar-refractivity contribution in [3.63, 3.8) is 0 Å². The highest BCUT2D eigenvalue weighted by Crippen LogP contribution is 2.18. The molecule has 2 aromatic carbocycles. The Morgan fingerprint density at radius 3 is 2.12 bits per heavy atom. The van der Waals surface area contributed by atoms with Gasteiger partial charge in [-0.25, -0.2) is 0 Å². The zero-order valence-electron chi connectivity index (χ0n) is 13.2. The summed E-state index contributed by atoms with van der Waals surface area (Å²) in [6.45, 7) is 1.58. The lowest BCUT2D eigenvalue weighted by molar-refractivity contribution is -0.128. The Labute approximate surface area is 144 Å². The molecule has 0 heterocycles. The van der Waals surface area contributed by atoms with Gasteiger partial charge in [-0.1, -0.05) is 11.6 Å². The summed E-state index contributed by atoms with van der Waals surface area (Å²) in [4.78, 5) is 23.9. The molecule has 0 saturated carbocycles. The van der Waals surface area contributed by atoms with Crippen molar-refractivity contribution in [3.8, 4) is 11.5 Å². The van der Waals surface area contributed by atoms with Gasteiger partial charge in [0.15, 0.2) is 6.10 Å². The number of amides is 2. The van der Waals surface area contributed by atoms with Gasteiger partial charge in [0, 0.05) is 10.6 Å². The summed E-state index contributed by atoms with van der Waals surface area (Å²) in [6.07, 6.45) is -0.788. The van der Waals surface area contributed by atoms with E-state index < -0.39 is 17.9 Å². The van der Waals surface area contributed by atoms with Crippen molar-refractivity contribution in [3.05, 3.63) is 59.1 Å². The van der Waals surface area contributed by atoms with Crippen molar-refractivity contribution in [1.29, 1.82) is 0 Å². The lowest BCUT2D eigenvalue weighted by atomic mass is 10.2. The zero-order chi connectivity index (χ0) is 17.5. The average Bonchev–Trinajstić information content (AvgIpc) is 2.60. The number of carbonyl (C=O) groups excluding carboxylic acids is 2. The molecule has 126 valence electrons. The van der Waals surface area contributed by atoms with Crippen LogP contribution in [0.4, 0.5) is 0 Å². The summed E-state index contributed by atoms with van der Waals surface area (Å²) >= 11 is 5.76. The first-order valence-corrected chi connectivity index (χ1v) is 7.54. The number of ether oxygens (including phenoxy) is 2. The van der Waals surface area contributed by atoms with Crippen molar-refractivity contribution < 1.29 is 19.1 Å². The van der Waals surface area contributed by atoms with Crippen LogP contribution in [-0.4, -0.2) is 25.0 Å². The second-order valence-electron chi connectivity index (χ2n) is 4.89. The Hall–Kier alpha value is -2.73. The molecule has 2 aromatic rings. The number of hydrazine groups is 1. The number of hydrogen-bond donors (Lipinski definition) is 2. The highest BCUT2D eigenvalue weighted by atomic mass is 35.5. The minimum atomic E-state index is -0.788. The molecule has 0 radical (unpaired) electrons. The van der Waals surface area contributed by atoms with Gasteiger partial charge in [0.2, 0.25) is 0 Å². The minimum Gasteiger partial charge on any atom is -0.497 e. The van der Waals surface area contributed by atoms with Crippen LogP contribution < -0.4 is 20.3 Å². The van der Waals surface area contributed by atoms with E-state index >= 15 is 0 Å². The van der Waals surface area contributed by atoms with Gasteiger partial charge >= 0.3 is 0 Å². The third kappa shape index (κ3) is 4.89. The maximum absolute atomic E-state index is 12.0. The number of halogens is 1. The molecule has 24 heavy (non-hydrogen) atoms. The molecule has 0 aliphatic carbocycles. The van der Waals surface area contributed by atoms with E-state index in [1.165, 1.54) is 0 Å². The Morgan fingerprint density at radius 1 is 0.958 bits per heavy atom. The SMILES string of the molecule is COc1ccc(OC(C)C(=O)NNC(=O)c2ccc(Cl)cc2)cc1. The van der Waals surface area contributed by atoms with Crippen LogP contribution in [0.2, 0.25) is 5.02 Å². The van der Waals surface area contributed by atoms with Crippen LogP contribution >= 0.6 is 11.6 Å². The van der Waals surface area contributed by atoms with E-state index in [1.807, 2.05) is 0 Å². The molecule has 1 unspecified atom stereocenters. The quantitative estimate of drug-likeness (QED) is 0.814. The Morgan fingerprint density at radius 2 is 1.54 bits per heavy atom. The number of hydrogen-bond acceptors (Lipinski definition) is 4. The van der Waals surface area contributed by atoms with E-state index in [-0.39, 0.29) is 0 Å². The molecular weight excluding hydrogens is 332 g/mol. The molecule has 0 aromatic heterocycles. The highest BCUT2D eigenvalue weighted by Gasteiger charge is 2.16. The molecule has 0 spiro atoms. The lowest BCUT2D eigenvalue weighted by Crippen LogP contribution is -2.47. The van der Waals surface area contributed by atoms with Gasteiger partial charge in [0.25, 0.3) is 11.8 Å². The van der Waals surface area contributed by atoms with Crippen LogP contribution in [0.5, 0.6) is 11.5 Å². The monoisotopic (exact) mass is 348 g/mol. The third-order valence-corrected chi connectivity index (χ3v) is 3.40. The molecule has 2 amide bonds. The molecule has 0 aliphatic heterocycles. The smallest absolute Gasteiger partial charge is 0.279 e. The van der Waals surface area contributed by atoms with Gasteiger partial charge in [-0.15, -0.1) is 0 Å². The normalized spacial score (nSPS) is 11.3. The van der Waals surface area contributed by atoms with Crippen molar-refractivity contribution in [2.24, 2.45) is 0 Å². The van der Waals surface area contributed by atoms with Crippen molar-refractivity contribution in [2.75, 3.05) is 7.11 Å². The molecule has 0 saturated heterocycles. The summed E-state index contributed by atoms with van der Waals surface area (Å²) in [5, 5.41) is 0.525. The molecule has 7 heteroatoms. The maximum Gasteiger partial charge on any atom is 0.279 e. The predicted molar refractivity (Wildman–Crippen MR) is 90.1 cm³/mol. The summed E-state index contributed by atoms with van der Waals surface area (Å²) in [5.41, 5.74) is 5.02. The molecule has 2 N–H and O–H groups in total.